The summed E-state index contributed by atoms with van der Waals surface area (Å²) in [5.41, 5.74) is 0. The zero-order valence-electron chi connectivity index (χ0n) is 44.3. The van der Waals surface area contributed by atoms with E-state index in [1.807, 2.05) is 0 Å². The van der Waals surface area contributed by atoms with Gasteiger partial charge in [0.2, 0.25) is 0 Å². The van der Waals surface area contributed by atoms with Gasteiger partial charge < -0.3 is 14.2 Å². The highest BCUT2D eigenvalue weighted by atomic mass is 16.6. The van der Waals surface area contributed by atoms with Crippen LogP contribution in [0.3, 0.4) is 0 Å². The molecule has 0 radical (unpaired) electrons. The van der Waals surface area contributed by atoms with Crippen LogP contribution in [0.5, 0.6) is 0 Å². The molecule has 0 bridgehead atoms. The SMILES string of the molecule is CC/C=C\C/C=C\C/C=C\CCCCCCC(=O)OCC(COC(=O)CCCCCCCCCCCC/C=C\C=C/CCCCC)OC(=O)CCC/C=C\C/C=C\C/C=C\CCCCCCCC. The molecule has 0 aliphatic carbocycles. The summed E-state index contributed by atoms with van der Waals surface area (Å²) < 4.78 is 16.8. The predicted octanol–water partition coefficient (Wildman–Crippen LogP) is 18.9. The number of carbonyl (C=O) groups excluding carboxylic acids is 3. The van der Waals surface area contributed by atoms with Gasteiger partial charge in [0, 0.05) is 19.3 Å². The molecule has 0 saturated heterocycles. The van der Waals surface area contributed by atoms with Crippen LogP contribution in [0.15, 0.2) is 97.2 Å². The zero-order chi connectivity index (χ0) is 49.3. The Hall–Kier alpha value is -3.67. The first-order valence-corrected chi connectivity index (χ1v) is 28.3. The highest BCUT2D eigenvalue weighted by molar-refractivity contribution is 5.71. The van der Waals surface area contributed by atoms with Crippen molar-refractivity contribution in [2.75, 3.05) is 13.2 Å². The van der Waals surface area contributed by atoms with Crippen molar-refractivity contribution in [3.05, 3.63) is 97.2 Å². The summed E-state index contributed by atoms with van der Waals surface area (Å²) in [5.74, 6) is -0.985. The third-order valence-corrected chi connectivity index (χ3v) is 11.8. The summed E-state index contributed by atoms with van der Waals surface area (Å²) in [6, 6.07) is 0. The average molecular weight is 946 g/mol. The minimum absolute atomic E-state index is 0.107. The molecule has 0 aliphatic heterocycles. The van der Waals surface area contributed by atoms with E-state index in [0.29, 0.717) is 19.3 Å². The molecule has 6 heteroatoms. The van der Waals surface area contributed by atoms with Gasteiger partial charge in [0.15, 0.2) is 6.10 Å². The largest absolute Gasteiger partial charge is 0.462 e. The Kier molecular flexibility index (Phi) is 52.9. The van der Waals surface area contributed by atoms with Gasteiger partial charge in [-0.1, -0.05) is 227 Å². The van der Waals surface area contributed by atoms with Crippen LogP contribution >= 0.6 is 0 Å². The van der Waals surface area contributed by atoms with Crippen LogP contribution in [-0.4, -0.2) is 37.2 Å². The van der Waals surface area contributed by atoms with Gasteiger partial charge >= 0.3 is 17.9 Å². The quantitative estimate of drug-likeness (QED) is 0.0199. The molecule has 0 aromatic rings. The van der Waals surface area contributed by atoms with Crippen molar-refractivity contribution in [1.29, 1.82) is 0 Å². The van der Waals surface area contributed by atoms with Crippen molar-refractivity contribution < 1.29 is 28.6 Å². The van der Waals surface area contributed by atoms with Crippen molar-refractivity contribution in [2.24, 2.45) is 0 Å². The van der Waals surface area contributed by atoms with Gasteiger partial charge in [-0.3, -0.25) is 14.4 Å². The number of hydrogen-bond acceptors (Lipinski definition) is 6. The number of rotatable bonds is 50. The van der Waals surface area contributed by atoms with Crippen LogP contribution < -0.4 is 0 Å². The second-order valence-electron chi connectivity index (χ2n) is 18.5. The highest BCUT2D eigenvalue weighted by Gasteiger charge is 2.19. The van der Waals surface area contributed by atoms with Crippen LogP contribution in [0, 0.1) is 0 Å². The van der Waals surface area contributed by atoms with E-state index in [-0.39, 0.29) is 37.5 Å². The van der Waals surface area contributed by atoms with E-state index in [9.17, 15) is 14.4 Å². The van der Waals surface area contributed by atoms with E-state index < -0.39 is 6.10 Å². The molecule has 0 aliphatic rings. The van der Waals surface area contributed by atoms with Gasteiger partial charge in [0.05, 0.1) is 0 Å². The van der Waals surface area contributed by atoms with Crippen LogP contribution in [-0.2, 0) is 28.6 Å². The smallest absolute Gasteiger partial charge is 0.306 e. The fourth-order valence-corrected chi connectivity index (χ4v) is 7.58. The predicted molar refractivity (Wildman–Crippen MR) is 293 cm³/mol. The van der Waals surface area contributed by atoms with Crippen LogP contribution in [0.25, 0.3) is 0 Å². The van der Waals surface area contributed by atoms with Gasteiger partial charge in [-0.15, -0.1) is 0 Å². The molecule has 1 atom stereocenters. The molecule has 0 saturated carbocycles. The van der Waals surface area contributed by atoms with E-state index in [1.54, 1.807) is 0 Å². The first kappa shape index (κ1) is 64.3. The van der Waals surface area contributed by atoms with E-state index >= 15 is 0 Å². The summed E-state index contributed by atoms with van der Waals surface area (Å²) in [5, 5.41) is 0. The monoisotopic (exact) mass is 945 g/mol. The number of unbranched alkanes of at least 4 members (excludes halogenated alkanes) is 24. The molecule has 6 nitrogen and oxygen atoms in total. The molecule has 0 spiro atoms. The minimum atomic E-state index is -0.816. The second-order valence-corrected chi connectivity index (χ2v) is 18.5. The fraction of sp³-hybridized carbons (Fsp3) is 0.694. The third-order valence-electron chi connectivity index (χ3n) is 11.8. The van der Waals surface area contributed by atoms with Crippen molar-refractivity contribution in [1.82, 2.24) is 0 Å². The first-order valence-electron chi connectivity index (χ1n) is 28.3. The van der Waals surface area contributed by atoms with Crippen molar-refractivity contribution in [2.45, 2.75) is 264 Å². The molecule has 0 rings (SSSR count). The third kappa shape index (κ3) is 53.3. The van der Waals surface area contributed by atoms with E-state index in [2.05, 4.69) is 118 Å². The Morgan fingerprint density at radius 2 is 0.632 bits per heavy atom. The molecular weight excluding hydrogens is 841 g/mol. The van der Waals surface area contributed by atoms with E-state index in [0.717, 1.165) is 89.9 Å². The van der Waals surface area contributed by atoms with Gasteiger partial charge in [-0.05, 0) is 109 Å². The Labute approximate surface area is 419 Å². The molecule has 0 aromatic heterocycles. The van der Waals surface area contributed by atoms with E-state index in [1.165, 1.54) is 122 Å². The Balaban J connectivity index is 4.48. The van der Waals surface area contributed by atoms with Gasteiger partial charge in [0.1, 0.15) is 13.2 Å². The van der Waals surface area contributed by atoms with Gasteiger partial charge in [-0.2, -0.15) is 0 Å². The molecule has 68 heavy (non-hydrogen) atoms. The number of hydrogen-bond donors (Lipinski definition) is 0. The Bertz CT molecular complexity index is 1360. The van der Waals surface area contributed by atoms with Crippen molar-refractivity contribution >= 4 is 17.9 Å². The molecule has 0 N–H and O–H groups in total. The molecule has 0 heterocycles. The van der Waals surface area contributed by atoms with Crippen LogP contribution in [0.2, 0.25) is 0 Å². The number of carbonyl (C=O) groups is 3. The summed E-state index contributed by atoms with van der Waals surface area (Å²) in [6.45, 7) is 6.43. The minimum Gasteiger partial charge on any atom is -0.462 e. The maximum absolute atomic E-state index is 12.8. The number of ether oxygens (including phenoxy) is 3. The first-order chi connectivity index (χ1) is 33.5. The summed E-state index contributed by atoms with van der Waals surface area (Å²) in [7, 11) is 0. The van der Waals surface area contributed by atoms with Gasteiger partial charge in [-0.25, -0.2) is 0 Å². The Morgan fingerprint density at radius 3 is 1.06 bits per heavy atom. The lowest BCUT2D eigenvalue weighted by atomic mass is 10.1. The zero-order valence-corrected chi connectivity index (χ0v) is 44.3. The summed E-state index contributed by atoms with van der Waals surface area (Å²) in [6.07, 6.45) is 74.0. The average Bonchev–Trinajstić information content (AvgIpc) is 3.34. The lowest BCUT2D eigenvalue weighted by Gasteiger charge is -2.18. The summed E-state index contributed by atoms with van der Waals surface area (Å²) in [4.78, 5) is 38.1. The van der Waals surface area contributed by atoms with Crippen LogP contribution in [0.1, 0.15) is 258 Å². The lowest BCUT2D eigenvalue weighted by Crippen LogP contribution is -2.30. The molecule has 0 aromatic carbocycles. The molecule has 388 valence electrons. The van der Waals surface area contributed by atoms with Crippen molar-refractivity contribution in [3.8, 4) is 0 Å². The van der Waals surface area contributed by atoms with Crippen LogP contribution in [0.4, 0.5) is 0 Å². The fourth-order valence-electron chi connectivity index (χ4n) is 7.58. The molecule has 0 amide bonds. The maximum atomic E-state index is 12.8. The topological polar surface area (TPSA) is 78.9 Å². The Morgan fingerprint density at radius 1 is 0.324 bits per heavy atom. The second kappa shape index (κ2) is 55.9. The maximum Gasteiger partial charge on any atom is 0.306 e. The summed E-state index contributed by atoms with van der Waals surface area (Å²) >= 11 is 0. The highest BCUT2D eigenvalue weighted by Crippen LogP contribution is 2.14. The number of allylic oxidation sites excluding steroid dienone is 16. The standard InChI is InChI=1S/C62H104O6/c1-4-7-10-13-16-19-22-25-28-30-31-33-34-37-40-43-46-49-52-55-61(64)67-58-59(57-66-60(63)54-51-48-45-42-39-36-27-24-21-18-15-12-9-6-3)68-62(65)56-53-50-47-44-41-38-35-32-29-26-23-20-17-14-11-8-5-2/h9,12,16,18-19,21-22,25-27,29,35-36,38,44,47,59H,4-8,10-11,13-15,17,20,23-24,28,30-34,37,39-43,45-46,48-58H2,1-3H3/b12-9-,19-16-,21-18-,25-22-,29-26-,36-27-,38-35-,47-44-. The normalized spacial score (nSPS) is 12.8. The van der Waals surface area contributed by atoms with Crippen molar-refractivity contribution in [3.63, 3.8) is 0 Å². The van der Waals surface area contributed by atoms with E-state index in [4.69, 9.17) is 14.2 Å². The van der Waals surface area contributed by atoms with Gasteiger partial charge in [0.25, 0.3) is 0 Å². The molecule has 0 fully saturated rings. The number of esters is 3. The lowest BCUT2D eigenvalue weighted by molar-refractivity contribution is -0.167. The molecule has 1 unspecified atom stereocenters. The molecular formula is C62H104O6.